The van der Waals surface area contributed by atoms with Gasteiger partial charge in [0.25, 0.3) is 0 Å². The Kier molecular flexibility index (Phi) is 3.72. The van der Waals surface area contributed by atoms with E-state index >= 15 is 0 Å². The molecule has 0 heterocycles. The molecule has 0 unspecified atom stereocenters. The van der Waals surface area contributed by atoms with Gasteiger partial charge in [0, 0.05) is 24.0 Å². The van der Waals surface area contributed by atoms with Crippen molar-refractivity contribution in [2.75, 3.05) is 11.9 Å². The average Bonchev–Trinajstić information content (AvgIpc) is 2.14. The van der Waals surface area contributed by atoms with E-state index in [1.54, 1.807) is 6.20 Å². The number of benzene rings is 1. The summed E-state index contributed by atoms with van der Waals surface area (Å²) in [6.45, 7) is 1.52. The minimum atomic E-state index is 0.0267. The van der Waals surface area contributed by atoms with Crippen molar-refractivity contribution in [2.45, 2.75) is 6.92 Å². The summed E-state index contributed by atoms with van der Waals surface area (Å²) in [5.74, 6) is 0.0267. The Morgan fingerprint density at radius 2 is 2.21 bits per heavy atom. The third kappa shape index (κ3) is 3.23. The van der Waals surface area contributed by atoms with Crippen LogP contribution in [0.1, 0.15) is 6.92 Å². The highest BCUT2D eigenvalue weighted by Gasteiger charge is 1.97. The van der Waals surface area contributed by atoms with Crippen molar-refractivity contribution in [1.29, 1.82) is 0 Å². The smallest absolute Gasteiger partial charge is 0.154 e. The molecule has 3 heteroatoms. The summed E-state index contributed by atoms with van der Waals surface area (Å²) in [5, 5.41) is 0.686. The highest BCUT2D eigenvalue weighted by atomic mass is 35.5. The van der Waals surface area contributed by atoms with E-state index < -0.39 is 0 Å². The summed E-state index contributed by atoms with van der Waals surface area (Å²) in [6, 6.07) is 7.45. The quantitative estimate of drug-likeness (QED) is 0.714. The number of allylic oxidation sites excluding steroid dienone is 1. The molecule has 2 nitrogen and oxygen atoms in total. The second-order valence-electron chi connectivity index (χ2n) is 3.02. The number of nitrogens with zero attached hydrogens (tertiary/aromatic N) is 1. The Morgan fingerprint density at radius 1 is 1.50 bits per heavy atom. The summed E-state index contributed by atoms with van der Waals surface area (Å²) in [6.07, 6.45) is 3.23. The molecule has 0 saturated heterocycles. The Balaban J connectivity index is 2.79. The minimum Gasteiger partial charge on any atom is -0.351 e. The van der Waals surface area contributed by atoms with Crippen molar-refractivity contribution in [3.8, 4) is 0 Å². The van der Waals surface area contributed by atoms with Gasteiger partial charge in [-0.1, -0.05) is 17.7 Å². The molecule has 14 heavy (non-hydrogen) atoms. The highest BCUT2D eigenvalue weighted by Crippen LogP contribution is 2.18. The Bertz CT molecular complexity index is 360. The number of ketones is 1. The first-order chi connectivity index (χ1) is 6.59. The van der Waals surface area contributed by atoms with Crippen LogP contribution in [0.25, 0.3) is 0 Å². The summed E-state index contributed by atoms with van der Waals surface area (Å²) >= 11 is 5.83. The molecule has 0 aromatic heterocycles. The topological polar surface area (TPSA) is 20.3 Å². The lowest BCUT2D eigenvalue weighted by molar-refractivity contribution is -0.112. The van der Waals surface area contributed by atoms with Crippen LogP contribution in [0.3, 0.4) is 0 Å². The zero-order valence-corrected chi connectivity index (χ0v) is 8.95. The van der Waals surface area contributed by atoms with Gasteiger partial charge in [-0.05, 0) is 31.2 Å². The zero-order chi connectivity index (χ0) is 10.6. The summed E-state index contributed by atoms with van der Waals surface area (Å²) in [7, 11) is 1.87. The van der Waals surface area contributed by atoms with E-state index in [0.29, 0.717) is 5.02 Å². The number of hydrogen-bond acceptors (Lipinski definition) is 2. The molecule has 0 N–H and O–H groups in total. The normalized spacial score (nSPS) is 10.5. The molecule has 1 aromatic rings. The van der Waals surface area contributed by atoms with Gasteiger partial charge >= 0.3 is 0 Å². The van der Waals surface area contributed by atoms with Gasteiger partial charge in [-0.25, -0.2) is 0 Å². The minimum absolute atomic E-state index is 0.0267. The van der Waals surface area contributed by atoms with E-state index in [1.165, 1.54) is 13.0 Å². The van der Waals surface area contributed by atoms with Crippen molar-refractivity contribution in [1.82, 2.24) is 0 Å². The van der Waals surface area contributed by atoms with Crippen molar-refractivity contribution in [2.24, 2.45) is 0 Å². The van der Waals surface area contributed by atoms with E-state index in [2.05, 4.69) is 0 Å². The lowest BCUT2D eigenvalue weighted by atomic mass is 10.3. The first-order valence-corrected chi connectivity index (χ1v) is 4.64. The van der Waals surface area contributed by atoms with Crippen LogP contribution in [0.15, 0.2) is 36.5 Å². The van der Waals surface area contributed by atoms with E-state index in [0.717, 1.165) is 5.69 Å². The highest BCUT2D eigenvalue weighted by molar-refractivity contribution is 6.30. The Morgan fingerprint density at radius 3 is 2.79 bits per heavy atom. The van der Waals surface area contributed by atoms with E-state index in [4.69, 9.17) is 11.6 Å². The maximum absolute atomic E-state index is 10.7. The average molecular weight is 210 g/mol. The molecule has 0 bridgehead atoms. The van der Waals surface area contributed by atoms with Crippen LogP contribution >= 0.6 is 11.6 Å². The molecule has 0 saturated carbocycles. The second-order valence-corrected chi connectivity index (χ2v) is 3.45. The SMILES string of the molecule is CC(=O)C=CN(C)c1cccc(Cl)c1. The lowest BCUT2D eigenvalue weighted by Gasteiger charge is -2.13. The standard InChI is InChI=1S/C11H12ClNO/c1-9(14)6-7-13(2)11-5-3-4-10(12)8-11/h3-8H,1-2H3. The molecule has 0 atom stereocenters. The van der Waals surface area contributed by atoms with Crippen LogP contribution in [0.2, 0.25) is 5.02 Å². The van der Waals surface area contributed by atoms with Crippen LogP contribution in [-0.2, 0) is 4.79 Å². The third-order valence-corrected chi connectivity index (χ3v) is 1.98. The summed E-state index contributed by atoms with van der Waals surface area (Å²) in [5.41, 5.74) is 0.954. The van der Waals surface area contributed by atoms with Crippen LogP contribution in [0.5, 0.6) is 0 Å². The number of halogens is 1. The van der Waals surface area contributed by atoms with Crippen molar-refractivity contribution >= 4 is 23.1 Å². The lowest BCUT2D eigenvalue weighted by Crippen LogP contribution is -2.08. The number of rotatable bonds is 3. The molecule has 0 amide bonds. The fraction of sp³-hybridized carbons (Fsp3) is 0.182. The van der Waals surface area contributed by atoms with Gasteiger partial charge in [-0.15, -0.1) is 0 Å². The zero-order valence-electron chi connectivity index (χ0n) is 8.20. The molecule has 74 valence electrons. The van der Waals surface area contributed by atoms with Gasteiger partial charge in [0.1, 0.15) is 0 Å². The molecule has 1 rings (SSSR count). The van der Waals surface area contributed by atoms with Crippen molar-refractivity contribution < 1.29 is 4.79 Å². The van der Waals surface area contributed by atoms with Crippen LogP contribution in [0.4, 0.5) is 5.69 Å². The monoisotopic (exact) mass is 209 g/mol. The van der Waals surface area contributed by atoms with Crippen LogP contribution < -0.4 is 4.90 Å². The van der Waals surface area contributed by atoms with Gasteiger partial charge in [0.05, 0.1) is 0 Å². The largest absolute Gasteiger partial charge is 0.351 e. The fourth-order valence-electron chi connectivity index (χ4n) is 0.998. The summed E-state index contributed by atoms with van der Waals surface area (Å²) < 4.78 is 0. The van der Waals surface area contributed by atoms with Gasteiger partial charge in [-0.3, -0.25) is 4.79 Å². The number of hydrogen-bond donors (Lipinski definition) is 0. The predicted molar refractivity (Wildman–Crippen MR) is 59.7 cm³/mol. The number of anilines is 1. The Labute approximate surface area is 88.8 Å². The van der Waals surface area contributed by atoms with E-state index in [9.17, 15) is 4.79 Å². The van der Waals surface area contributed by atoms with Gasteiger partial charge in [0.2, 0.25) is 0 Å². The molecule has 0 aliphatic carbocycles. The van der Waals surface area contributed by atoms with Crippen LogP contribution in [0, 0.1) is 0 Å². The maximum Gasteiger partial charge on any atom is 0.154 e. The first kappa shape index (κ1) is 10.8. The van der Waals surface area contributed by atoms with E-state index in [1.807, 2.05) is 36.2 Å². The molecular formula is C11H12ClNO. The first-order valence-electron chi connectivity index (χ1n) is 4.27. The van der Waals surface area contributed by atoms with Crippen molar-refractivity contribution in [3.63, 3.8) is 0 Å². The molecule has 1 aromatic carbocycles. The molecule has 0 aliphatic heterocycles. The third-order valence-electron chi connectivity index (χ3n) is 1.75. The molecule has 0 fully saturated rings. The molecule has 0 radical (unpaired) electrons. The Hall–Kier alpha value is -1.28. The predicted octanol–water partition coefficient (Wildman–Crippen LogP) is 2.88. The van der Waals surface area contributed by atoms with Gasteiger partial charge in [0.15, 0.2) is 5.78 Å². The summed E-state index contributed by atoms with van der Waals surface area (Å²) in [4.78, 5) is 12.5. The van der Waals surface area contributed by atoms with Gasteiger partial charge < -0.3 is 4.90 Å². The second kappa shape index (κ2) is 4.82. The van der Waals surface area contributed by atoms with Crippen LogP contribution in [-0.4, -0.2) is 12.8 Å². The molecule has 0 aliphatic rings. The number of carbonyl (C=O) groups excluding carboxylic acids is 1. The number of carbonyl (C=O) groups is 1. The molecular weight excluding hydrogens is 198 g/mol. The van der Waals surface area contributed by atoms with Gasteiger partial charge in [-0.2, -0.15) is 0 Å². The molecule has 0 spiro atoms. The maximum atomic E-state index is 10.7. The van der Waals surface area contributed by atoms with E-state index in [-0.39, 0.29) is 5.78 Å². The van der Waals surface area contributed by atoms with Crippen molar-refractivity contribution in [3.05, 3.63) is 41.6 Å². The fourth-order valence-corrected chi connectivity index (χ4v) is 1.18.